The van der Waals surface area contributed by atoms with E-state index >= 15 is 0 Å². The minimum Gasteiger partial charge on any atom is -0.494 e. The van der Waals surface area contributed by atoms with Crippen LogP contribution in [-0.2, 0) is 14.3 Å². The van der Waals surface area contributed by atoms with Crippen molar-refractivity contribution in [2.45, 2.75) is 45.6 Å². The van der Waals surface area contributed by atoms with Crippen molar-refractivity contribution in [1.82, 2.24) is 5.32 Å². The maximum absolute atomic E-state index is 11.9. The van der Waals surface area contributed by atoms with Crippen molar-refractivity contribution in [3.8, 4) is 11.5 Å². The number of ether oxygens (including phenoxy) is 3. The molecular formula is C19H27NO5. The highest BCUT2D eigenvalue weighted by Crippen LogP contribution is 2.23. The molecule has 0 radical (unpaired) electrons. The molecule has 138 valence electrons. The molecule has 1 amide bonds. The third-order valence-corrected chi connectivity index (χ3v) is 4.31. The van der Waals surface area contributed by atoms with Gasteiger partial charge in [-0.1, -0.05) is 19.8 Å². The molecule has 1 aromatic carbocycles. The van der Waals surface area contributed by atoms with E-state index in [1.807, 2.05) is 6.92 Å². The number of hydrogen-bond donors (Lipinski definition) is 1. The second-order valence-corrected chi connectivity index (χ2v) is 6.29. The molecule has 1 aromatic rings. The first kappa shape index (κ1) is 19.1. The molecular weight excluding hydrogens is 322 g/mol. The fourth-order valence-electron chi connectivity index (χ4n) is 2.91. The summed E-state index contributed by atoms with van der Waals surface area (Å²) in [5.74, 6) is 0.928. The topological polar surface area (TPSA) is 73.9 Å². The molecule has 25 heavy (non-hydrogen) atoms. The number of rotatable bonds is 8. The second kappa shape index (κ2) is 9.91. The van der Waals surface area contributed by atoms with Crippen molar-refractivity contribution in [2.24, 2.45) is 5.92 Å². The molecule has 0 bridgehead atoms. The summed E-state index contributed by atoms with van der Waals surface area (Å²) in [7, 11) is 0. The van der Waals surface area contributed by atoms with Crippen molar-refractivity contribution in [3.05, 3.63) is 24.3 Å². The van der Waals surface area contributed by atoms with E-state index in [1.165, 1.54) is 6.42 Å². The predicted molar refractivity (Wildman–Crippen MR) is 93.6 cm³/mol. The van der Waals surface area contributed by atoms with E-state index in [0.717, 1.165) is 25.0 Å². The van der Waals surface area contributed by atoms with Gasteiger partial charge in [0.1, 0.15) is 11.5 Å². The van der Waals surface area contributed by atoms with Gasteiger partial charge in [0.05, 0.1) is 6.61 Å². The van der Waals surface area contributed by atoms with Crippen molar-refractivity contribution in [3.63, 3.8) is 0 Å². The maximum Gasteiger partial charge on any atom is 0.344 e. The summed E-state index contributed by atoms with van der Waals surface area (Å²) >= 11 is 0. The molecule has 0 unspecified atom stereocenters. The third kappa shape index (κ3) is 6.64. The summed E-state index contributed by atoms with van der Waals surface area (Å²) in [4.78, 5) is 23.6. The molecule has 2 atom stereocenters. The van der Waals surface area contributed by atoms with Crippen LogP contribution in [0.25, 0.3) is 0 Å². The summed E-state index contributed by atoms with van der Waals surface area (Å²) < 4.78 is 15.6. The summed E-state index contributed by atoms with van der Waals surface area (Å²) in [5.41, 5.74) is 0. The number of carbonyl (C=O) groups is 2. The molecule has 1 aliphatic carbocycles. The van der Waals surface area contributed by atoms with Crippen LogP contribution in [0.5, 0.6) is 11.5 Å². The molecule has 1 N–H and O–H groups in total. The van der Waals surface area contributed by atoms with Gasteiger partial charge >= 0.3 is 5.97 Å². The third-order valence-electron chi connectivity index (χ3n) is 4.31. The lowest BCUT2D eigenvalue weighted by Crippen LogP contribution is -2.43. The van der Waals surface area contributed by atoms with Gasteiger partial charge in [0.25, 0.3) is 5.91 Å². The monoisotopic (exact) mass is 349 g/mol. The van der Waals surface area contributed by atoms with Gasteiger partial charge in [-0.25, -0.2) is 4.79 Å². The van der Waals surface area contributed by atoms with Crippen LogP contribution < -0.4 is 14.8 Å². The smallest absolute Gasteiger partial charge is 0.344 e. The van der Waals surface area contributed by atoms with Gasteiger partial charge in [-0.3, -0.25) is 4.79 Å². The zero-order chi connectivity index (χ0) is 18.1. The molecule has 0 heterocycles. The van der Waals surface area contributed by atoms with Crippen LogP contribution in [0.4, 0.5) is 0 Å². The molecule has 1 aliphatic rings. The van der Waals surface area contributed by atoms with Crippen LogP contribution >= 0.6 is 0 Å². The second-order valence-electron chi connectivity index (χ2n) is 6.29. The van der Waals surface area contributed by atoms with Crippen LogP contribution in [0.2, 0.25) is 0 Å². The average Bonchev–Trinajstić information content (AvgIpc) is 2.61. The SMILES string of the molecule is CCOc1ccc(OCC(=O)OCC(=O)N[C@@H]2CCCC[C@H]2C)cc1. The largest absolute Gasteiger partial charge is 0.494 e. The highest BCUT2D eigenvalue weighted by molar-refractivity contribution is 5.81. The zero-order valence-corrected chi connectivity index (χ0v) is 15.0. The standard InChI is InChI=1S/C19H27NO5/c1-3-23-15-8-10-16(11-9-15)24-13-19(22)25-12-18(21)20-17-7-5-4-6-14(17)2/h8-11,14,17H,3-7,12-13H2,1-2H3,(H,20,21)/t14-,17-/m1/s1. The number of esters is 1. The molecule has 0 aliphatic heterocycles. The van der Waals surface area contributed by atoms with E-state index in [0.29, 0.717) is 18.3 Å². The van der Waals surface area contributed by atoms with Crippen LogP contribution in [0.15, 0.2) is 24.3 Å². The summed E-state index contributed by atoms with van der Waals surface area (Å²) in [6, 6.07) is 7.15. The Morgan fingerprint density at radius 1 is 1.04 bits per heavy atom. The van der Waals surface area contributed by atoms with Gasteiger partial charge < -0.3 is 19.5 Å². The summed E-state index contributed by atoms with van der Waals surface area (Å²) in [6.45, 7) is 4.14. The van der Waals surface area contributed by atoms with E-state index in [-0.39, 0.29) is 25.2 Å². The van der Waals surface area contributed by atoms with Crippen molar-refractivity contribution < 1.29 is 23.8 Å². The van der Waals surface area contributed by atoms with Gasteiger partial charge in [-0.2, -0.15) is 0 Å². The fraction of sp³-hybridized carbons (Fsp3) is 0.579. The maximum atomic E-state index is 11.9. The number of amides is 1. The van der Waals surface area contributed by atoms with Crippen molar-refractivity contribution in [2.75, 3.05) is 19.8 Å². The lowest BCUT2D eigenvalue weighted by molar-refractivity contribution is -0.150. The highest BCUT2D eigenvalue weighted by Gasteiger charge is 2.23. The van der Waals surface area contributed by atoms with E-state index < -0.39 is 5.97 Å². The Labute approximate surface area is 148 Å². The Morgan fingerprint density at radius 2 is 1.68 bits per heavy atom. The Kier molecular flexibility index (Phi) is 7.57. The first-order chi connectivity index (χ1) is 12.1. The normalized spacial score (nSPS) is 19.8. The molecule has 2 rings (SSSR count). The lowest BCUT2D eigenvalue weighted by atomic mass is 9.86. The first-order valence-corrected chi connectivity index (χ1v) is 8.89. The van der Waals surface area contributed by atoms with Gasteiger partial charge in [0.2, 0.25) is 0 Å². The molecule has 6 heteroatoms. The van der Waals surface area contributed by atoms with E-state index in [2.05, 4.69) is 12.2 Å². The van der Waals surface area contributed by atoms with Gasteiger partial charge in [-0.15, -0.1) is 0 Å². The first-order valence-electron chi connectivity index (χ1n) is 8.89. The molecule has 1 saturated carbocycles. The minimum absolute atomic E-state index is 0.181. The van der Waals surface area contributed by atoms with Crippen LogP contribution in [0, 0.1) is 5.92 Å². The Morgan fingerprint density at radius 3 is 2.32 bits per heavy atom. The van der Waals surface area contributed by atoms with Gasteiger partial charge in [-0.05, 0) is 49.9 Å². The van der Waals surface area contributed by atoms with E-state index in [4.69, 9.17) is 14.2 Å². The summed E-state index contributed by atoms with van der Waals surface area (Å²) in [6.07, 6.45) is 4.46. The van der Waals surface area contributed by atoms with Crippen LogP contribution in [0.1, 0.15) is 39.5 Å². The molecule has 1 fully saturated rings. The fourth-order valence-corrected chi connectivity index (χ4v) is 2.91. The Balaban J connectivity index is 1.65. The van der Waals surface area contributed by atoms with Crippen LogP contribution in [0.3, 0.4) is 0 Å². The zero-order valence-electron chi connectivity index (χ0n) is 15.0. The lowest BCUT2D eigenvalue weighted by Gasteiger charge is -2.29. The quantitative estimate of drug-likeness (QED) is 0.731. The summed E-state index contributed by atoms with van der Waals surface area (Å²) in [5, 5.41) is 2.95. The number of nitrogens with one attached hydrogen (secondary N) is 1. The van der Waals surface area contributed by atoms with Crippen molar-refractivity contribution >= 4 is 11.9 Å². The predicted octanol–water partition coefficient (Wildman–Crippen LogP) is 2.70. The Hall–Kier alpha value is -2.24. The van der Waals surface area contributed by atoms with Gasteiger partial charge in [0.15, 0.2) is 13.2 Å². The Bertz CT molecular complexity index is 557. The molecule has 6 nitrogen and oxygen atoms in total. The molecule has 0 spiro atoms. The van der Waals surface area contributed by atoms with Gasteiger partial charge in [0, 0.05) is 6.04 Å². The number of hydrogen-bond acceptors (Lipinski definition) is 5. The van der Waals surface area contributed by atoms with Crippen LogP contribution in [-0.4, -0.2) is 37.7 Å². The van der Waals surface area contributed by atoms with E-state index in [9.17, 15) is 9.59 Å². The van der Waals surface area contributed by atoms with Crippen molar-refractivity contribution in [1.29, 1.82) is 0 Å². The average molecular weight is 349 g/mol. The molecule has 0 saturated heterocycles. The van der Waals surface area contributed by atoms with E-state index in [1.54, 1.807) is 24.3 Å². The highest BCUT2D eigenvalue weighted by atomic mass is 16.6. The number of carbonyl (C=O) groups excluding carboxylic acids is 2. The number of benzene rings is 1. The minimum atomic E-state index is -0.569. The molecule has 0 aromatic heterocycles.